The number of nitrogens with zero attached hydrogens (tertiary/aromatic N) is 3. The molecule has 1 aromatic carbocycles. The highest BCUT2D eigenvalue weighted by molar-refractivity contribution is 5.33. The van der Waals surface area contributed by atoms with Crippen molar-refractivity contribution in [3.05, 3.63) is 35.6 Å². The van der Waals surface area contributed by atoms with Crippen LogP contribution in [0.1, 0.15) is 65.4 Å². The molecule has 1 heterocycles. The molecular formula is C23H36FN3. The maximum Gasteiger partial charge on any atom is 0.123 e. The lowest BCUT2D eigenvalue weighted by Gasteiger charge is -2.36. The van der Waals surface area contributed by atoms with Gasteiger partial charge in [0, 0.05) is 18.6 Å². The average molecular weight is 374 g/mol. The molecule has 3 nitrogen and oxygen atoms in total. The summed E-state index contributed by atoms with van der Waals surface area (Å²) in [5, 5.41) is 10.2. The Labute approximate surface area is 165 Å². The summed E-state index contributed by atoms with van der Waals surface area (Å²) in [6.07, 6.45) is 5.41. The van der Waals surface area contributed by atoms with Crippen LogP contribution in [0, 0.1) is 17.1 Å². The minimum Gasteiger partial charge on any atom is -0.303 e. The molecule has 1 unspecified atom stereocenters. The summed E-state index contributed by atoms with van der Waals surface area (Å²) in [7, 11) is 0. The van der Waals surface area contributed by atoms with E-state index in [1.807, 2.05) is 12.1 Å². The fraction of sp³-hybridized carbons (Fsp3) is 0.696. The molecule has 4 heteroatoms. The Bertz CT molecular complexity index is 591. The fourth-order valence-corrected chi connectivity index (χ4v) is 4.32. The maximum absolute atomic E-state index is 13.5. The second-order valence-corrected chi connectivity index (χ2v) is 8.53. The SMILES string of the molecule is CC(C)N(CCC(C#N)(CCN1CCCCC1)c1ccc(F)cc1)C(C)C. The van der Waals surface area contributed by atoms with Crippen LogP contribution in [-0.4, -0.2) is 48.1 Å². The summed E-state index contributed by atoms with van der Waals surface area (Å²) in [6.45, 7) is 12.9. The van der Waals surface area contributed by atoms with E-state index in [2.05, 4.69) is 43.6 Å². The molecule has 0 amide bonds. The van der Waals surface area contributed by atoms with E-state index in [0.29, 0.717) is 12.1 Å². The van der Waals surface area contributed by atoms with Crippen LogP contribution in [0.25, 0.3) is 0 Å². The molecule has 1 atom stereocenters. The maximum atomic E-state index is 13.5. The molecule has 27 heavy (non-hydrogen) atoms. The third-order valence-electron chi connectivity index (χ3n) is 6.04. The van der Waals surface area contributed by atoms with Gasteiger partial charge in [-0.1, -0.05) is 18.6 Å². The van der Waals surface area contributed by atoms with E-state index < -0.39 is 5.41 Å². The van der Waals surface area contributed by atoms with Gasteiger partial charge in [0.15, 0.2) is 0 Å². The van der Waals surface area contributed by atoms with E-state index in [4.69, 9.17) is 0 Å². The molecule has 150 valence electrons. The van der Waals surface area contributed by atoms with Gasteiger partial charge in [-0.2, -0.15) is 5.26 Å². The molecule has 0 aromatic heterocycles. The van der Waals surface area contributed by atoms with Gasteiger partial charge in [-0.3, -0.25) is 4.90 Å². The number of halogens is 1. The number of rotatable bonds is 9. The van der Waals surface area contributed by atoms with Gasteiger partial charge in [-0.05, 0) is 90.7 Å². The molecule has 1 fully saturated rings. The quantitative estimate of drug-likeness (QED) is 0.612. The van der Waals surface area contributed by atoms with Crippen LogP contribution in [0.5, 0.6) is 0 Å². The van der Waals surface area contributed by atoms with Crippen molar-refractivity contribution in [1.82, 2.24) is 9.80 Å². The second-order valence-electron chi connectivity index (χ2n) is 8.53. The first kappa shape index (κ1) is 21.9. The van der Waals surface area contributed by atoms with Crippen LogP contribution in [0.2, 0.25) is 0 Å². The Morgan fingerprint density at radius 1 is 1.04 bits per heavy atom. The van der Waals surface area contributed by atoms with E-state index in [9.17, 15) is 9.65 Å². The molecule has 0 radical (unpaired) electrons. The van der Waals surface area contributed by atoms with Gasteiger partial charge in [0.1, 0.15) is 5.82 Å². The minimum atomic E-state index is -0.562. The standard InChI is InChI=1S/C23H36FN3/c1-19(2)27(20(3)4)17-13-23(18-25,21-8-10-22(24)11-9-21)12-16-26-14-6-5-7-15-26/h8-11,19-20H,5-7,12-17H2,1-4H3. The Kier molecular flexibility index (Phi) is 8.26. The molecule has 0 N–H and O–H groups in total. The smallest absolute Gasteiger partial charge is 0.123 e. The zero-order valence-electron chi connectivity index (χ0n) is 17.5. The second kappa shape index (κ2) is 10.2. The van der Waals surface area contributed by atoms with E-state index in [-0.39, 0.29) is 5.82 Å². The van der Waals surface area contributed by atoms with Crippen molar-refractivity contribution in [2.24, 2.45) is 0 Å². The number of hydrogen-bond acceptors (Lipinski definition) is 3. The lowest BCUT2D eigenvalue weighted by Crippen LogP contribution is -2.42. The number of hydrogen-bond donors (Lipinski definition) is 0. The van der Waals surface area contributed by atoms with Crippen LogP contribution in [0.15, 0.2) is 24.3 Å². The third-order valence-corrected chi connectivity index (χ3v) is 6.04. The first-order valence-electron chi connectivity index (χ1n) is 10.5. The minimum absolute atomic E-state index is 0.243. The first-order chi connectivity index (χ1) is 12.9. The lowest BCUT2D eigenvalue weighted by molar-refractivity contribution is 0.155. The Balaban J connectivity index is 2.19. The van der Waals surface area contributed by atoms with Crippen molar-refractivity contribution in [3.8, 4) is 6.07 Å². The van der Waals surface area contributed by atoms with Gasteiger partial charge in [0.25, 0.3) is 0 Å². The fourth-order valence-electron chi connectivity index (χ4n) is 4.32. The zero-order valence-corrected chi connectivity index (χ0v) is 17.5. The number of nitriles is 1. The van der Waals surface area contributed by atoms with E-state index in [1.165, 1.54) is 31.4 Å². The van der Waals surface area contributed by atoms with Crippen molar-refractivity contribution < 1.29 is 4.39 Å². The zero-order chi connectivity index (χ0) is 19.9. The summed E-state index contributed by atoms with van der Waals surface area (Å²) in [4.78, 5) is 4.93. The van der Waals surface area contributed by atoms with E-state index >= 15 is 0 Å². The summed E-state index contributed by atoms with van der Waals surface area (Å²) in [5.74, 6) is -0.243. The van der Waals surface area contributed by atoms with Crippen LogP contribution < -0.4 is 0 Å². The predicted molar refractivity (Wildman–Crippen MR) is 110 cm³/mol. The van der Waals surface area contributed by atoms with E-state index in [0.717, 1.165) is 44.6 Å². The van der Waals surface area contributed by atoms with Crippen LogP contribution in [-0.2, 0) is 5.41 Å². The molecule has 1 aliphatic rings. The number of piperidine rings is 1. The molecule has 1 aliphatic heterocycles. The van der Waals surface area contributed by atoms with Gasteiger partial charge < -0.3 is 4.90 Å². The van der Waals surface area contributed by atoms with Crippen LogP contribution in [0.3, 0.4) is 0 Å². The molecule has 0 aliphatic carbocycles. The molecule has 2 rings (SSSR count). The molecule has 0 saturated carbocycles. The van der Waals surface area contributed by atoms with Gasteiger partial charge >= 0.3 is 0 Å². The molecule has 0 spiro atoms. The highest BCUT2D eigenvalue weighted by Crippen LogP contribution is 2.33. The normalized spacial score (nSPS) is 18.0. The summed E-state index contributed by atoms with van der Waals surface area (Å²) in [5.41, 5.74) is 0.392. The Morgan fingerprint density at radius 2 is 1.63 bits per heavy atom. The molecule has 0 bridgehead atoms. The lowest BCUT2D eigenvalue weighted by atomic mass is 9.75. The summed E-state index contributed by atoms with van der Waals surface area (Å²) < 4.78 is 13.5. The van der Waals surface area contributed by atoms with Crippen molar-refractivity contribution in [1.29, 1.82) is 5.26 Å². The Morgan fingerprint density at radius 3 is 2.15 bits per heavy atom. The molecule has 1 saturated heterocycles. The summed E-state index contributed by atoms with van der Waals surface area (Å²) >= 11 is 0. The third kappa shape index (κ3) is 6.02. The monoisotopic (exact) mass is 373 g/mol. The summed E-state index contributed by atoms with van der Waals surface area (Å²) in [6, 6.07) is 10.1. The van der Waals surface area contributed by atoms with Crippen molar-refractivity contribution in [2.45, 2.75) is 77.3 Å². The highest BCUT2D eigenvalue weighted by atomic mass is 19.1. The largest absolute Gasteiger partial charge is 0.303 e. The van der Waals surface area contributed by atoms with Gasteiger partial charge in [-0.15, -0.1) is 0 Å². The first-order valence-corrected chi connectivity index (χ1v) is 10.5. The van der Waals surface area contributed by atoms with Crippen LogP contribution >= 0.6 is 0 Å². The average Bonchev–Trinajstić information content (AvgIpc) is 2.65. The van der Waals surface area contributed by atoms with Crippen molar-refractivity contribution in [3.63, 3.8) is 0 Å². The van der Waals surface area contributed by atoms with Gasteiger partial charge in [0.05, 0.1) is 11.5 Å². The van der Waals surface area contributed by atoms with Gasteiger partial charge in [0.2, 0.25) is 0 Å². The number of benzene rings is 1. The predicted octanol–water partition coefficient (Wildman–Crippen LogP) is 4.97. The van der Waals surface area contributed by atoms with E-state index in [1.54, 1.807) is 0 Å². The van der Waals surface area contributed by atoms with Crippen LogP contribution in [0.4, 0.5) is 4.39 Å². The van der Waals surface area contributed by atoms with Gasteiger partial charge in [-0.25, -0.2) is 4.39 Å². The Hall–Kier alpha value is -1.44. The number of likely N-dealkylation sites (tertiary alicyclic amines) is 1. The van der Waals surface area contributed by atoms with Crippen molar-refractivity contribution >= 4 is 0 Å². The molecular weight excluding hydrogens is 337 g/mol. The molecule has 1 aromatic rings. The topological polar surface area (TPSA) is 30.3 Å². The van der Waals surface area contributed by atoms with Crippen molar-refractivity contribution in [2.75, 3.05) is 26.2 Å². The highest BCUT2D eigenvalue weighted by Gasteiger charge is 2.34.